The minimum Gasteiger partial charge on any atom is -0.438 e. The van der Waals surface area contributed by atoms with Crippen LogP contribution < -0.4 is 10.1 Å². The topological polar surface area (TPSA) is 47.0 Å². The number of rotatable bonds is 3. The van der Waals surface area contributed by atoms with Gasteiger partial charge >= 0.3 is 0 Å². The Hall–Kier alpha value is -1.33. The molecule has 0 radical (unpaired) electrons. The standard InChI is InChI=1S/C11H9BrClN3O/c1-14-11-15-6-9(12)10(16-11)17-8-4-2-7(13)3-5-8/h2-6H,1H3,(H,14,15,16). The Morgan fingerprint density at radius 3 is 2.65 bits per heavy atom. The quantitative estimate of drug-likeness (QED) is 0.938. The van der Waals surface area contributed by atoms with E-state index in [0.717, 1.165) is 0 Å². The molecule has 1 aromatic heterocycles. The largest absolute Gasteiger partial charge is 0.438 e. The maximum absolute atomic E-state index is 5.79. The van der Waals surface area contributed by atoms with Crippen molar-refractivity contribution in [2.45, 2.75) is 0 Å². The monoisotopic (exact) mass is 313 g/mol. The van der Waals surface area contributed by atoms with E-state index in [2.05, 4.69) is 31.2 Å². The molecule has 2 rings (SSSR count). The number of benzene rings is 1. The average Bonchev–Trinajstić information content (AvgIpc) is 2.35. The molecular formula is C11H9BrClN3O. The summed E-state index contributed by atoms with van der Waals surface area (Å²) in [4.78, 5) is 8.23. The van der Waals surface area contributed by atoms with Crippen molar-refractivity contribution in [1.29, 1.82) is 0 Å². The van der Waals surface area contributed by atoms with Crippen LogP contribution in [-0.2, 0) is 0 Å². The van der Waals surface area contributed by atoms with E-state index in [-0.39, 0.29) is 0 Å². The fourth-order valence-electron chi connectivity index (χ4n) is 1.16. The first-order chi connectivity index (χ1) is 8.19. The van der Waals surface area contributed by atoms with Gasteiger partial charge in [0.1, 0.15) is 5.75 Å². The molecule has 1 heterocycles. The van der Waals surface area contributed by atoms with E-state index in [9.17, 15) is 0 Å². The first-order valence-corrected chi connectivity index (χ1v) is 6.00. The highest BCUT2D eigenvalue weighted by molar-refractivity contribution is 9.10. The Kier molecular flexibility index (Phi) is 3.81. The van der Waals surface area contributed by atoms with Crippen LogP contribution in [0.25, 0.3) is 0 Å². The summed E-state index contributed by atoms with van der Waals surface area (Å²) in [6.07, 6.45) is 1.63. The summed E-state index contributed by atoms with van der Waals surface area (Å²) in [6.45, 7) is 0. The van der Waals surface area contributed by atoms with Gasteiger partial charge in [0.2, 0.25) is 11.8 Å². The van der Waals surface area contributed by atoms with Crippen LogP contribution in [0, 0.1) is 0 Å². The second-order valence-corrected chi connectivity index (χ2v) is 4.44. The lowest BCUT2D eigenvalue weighted by molar-refractivity contribution is 0.459. The van der Waals surface area contributed by atoms with Crippen LogP contribution in [0.2, 0.25) is 5.02 Å². The molecule has 0 saturated carbocycles. The summed E-state index contributed by atoms with van der Waals surface area (Å²) >= 11 is 9.12. The van der Waals surface area contributed by atoms with Crippen molar-refractivity contribution < 1.29 is 4.74 Å². The number of hydrogen-bond acceptors (Lipinski definition) is 4. The van der Waals surface area contributed by atoms with Gasteiger partial charge in [-0.1, -0.05) is 11.6 Å². The minimum absolute atomic E-state index is 0.451. The van der Waals surface area contributed by atoms with Crippen molar-refractivity contribution in [3.8, 4) is 11.6 Å². The fraction of sp³-hybridized carbons (Fsp3) is 0.0909. The number of nitrogens with zero attached hydrogens (tertiary/aromatic N) is 2. The minimum atomic E-state index is 0.451. The summed E-state index contributed by atoms with van der Waals surface area (Å²) in [7, 11) is 1.75. The molecule has 1 aromatic carbocycles. The summed E-state index contributed by atoms with van der Waals surface area (Å²) in [5.74, 6) is 1.61. The molecule has 0 aliphatic carbocycles. The summed E-state index contributed by atoms with van der Waals surface area (Å²) in [5, 5.41) is 3.51. The Labute approximate surface area is 112 Å². The normalized spacial score (nSPS) is 10.1. The number of ether oxygens (including phenoxy) is 1. The van der Waals surface area contributed by atoms with Gasteiger partial charge in [-0.25, -0.2) is 4.98 Å². The van der Waals surface area contributed by atoms with Crippen LogP contribution in [0.15, 0.2) is 34.9 Å². The van der Waals surface area contributed by atoms with Crippen LogP contribution in [0.4, 0.5) is 5.95 Å². The van der Waals surface area contributed by atoms with Crippen LogP contribution in [0.1, 0.15) is 0 Å². The lowest BCUT2D eigenvalue weighted by Gasteiger charge is -2.07. The highest BCUT2D eigenvalue weighted by atomic mass is 79.9. The van der Waals surface area contributed by atoms with Crippen LogP contribution >= 0.6 is 27.5 Å². The molecule has 0 fully saturated rings. The van der Waals surface area contributed by atoms with Gasteiger partial charge in [0.25, 0.3) is 0 Å². The third kappa shape index (κ3) is 3.08. The molecule has 2 aromatic rings. The van der Waals surface area contributed by atoms with Gasteiger partial charge in [0.15, 0.2) is 0 Å². The molecule has 0 atom stereocenters. The zero-order valence-electron chi connectivity index (χ0n) is 8.95. The van der Waals surface area contributed by atoms with E-state index in [1.54, 1.807) is 37.5 Å². The van der Waals surface area contributed by atoms with E-state index in [1.807, 2.05) is 0 Å². The number of aromatic nitrogens is 2. The van der Waals surface area contributed by atoms with Gasteiger partial charge in [0.05, 0.1) is 10.7 Å². The smallest absolute Gasteiger partial charge is 0.238 e. The van der Waals surface area contributed by atoms with Gasteiger partial charge in [-0.3, -0.25) is 0 Å². The van der Waals surface area contributed by atoms with Crippen LogP contribution in [-0.4, -0.2) is 17.0 Å². The second kappa shape index (κ2) is 5.33. The van der Waals surface area contributed by atoms with Gasteiger partial charge in [0, 0.05) is 12.1 Å². The maximum atomic E-state index is 5.79. The number of anilines is 1. The Morgan fingerprint density at radius 1 is 1.29 bits per heavy atom. The Bertz CT molecular complexity index is 519. The highest BCUT2D eigenvalue weighted by Crippen LogP contribution is 2.28. The van der Waals surface area contributed by atoms with Crippen molar-refractivity contribution in [1.82, 2.24) is 9.97 Å². The molecule has 17 heavy (non-hydrogen) atoms. The van der Waals surface area contributed by atoms with E-state index in [4.69, 9.17) is 16.3 Å². The third-order valence-electron chi connectivity index (χ3n) is 1.96. The Morgan fingerprint density at radius 2 is 2.00 bits per heavy atom. The van der Waals surface area contributed by atoms with Crippen molar-refractivity contribution in [2.24, 2.45) is 0 Å². The molecule has 0 aliphatic heterocycles. The third-order valence-corrected chi connectivity index (χ3v) is 2.76. The lowest BCUT2D eigenvalue weighted by atomic mass is 10.3. The lowest BCUT2D eigenvalue weighted by Crippen LogP contribution is -1.98. The molecular weight excluding hydrogens is 305 g/mol. The highest BCUT2D eigenvalue weighted by Gasteiger charge is 2.06. The second-order valence-electron chi connectivity index (χ2n) is 3.15. The molecule has 0 bridgehead atoms. The van der Waals surface area contributed by atoms with Crippen LogP contribution in [0.5, 0.6) is 11.6 Å². The SMILES string of the molecule is CNc1ncc(Br)c(Oc2ccc(Cl)cc2)n1. The van der Waals surface area contributed by atoms with Gasteiger partial charge in [-0.15, -0.1) is 0 Å². The number of nitrogens with one attached hydrogen (secondary N) is 1. The van der Waals surface area contributed by atoms with E-state index in [1.165, 1.54) is 0 Å². The molecule has 0 unspecified atom stereocenters. The zero-order valence-corrected chi connectivity index (χ0v) is 11.3. The summed E-state index contributed by atoms with van der Waals surface area (Å²) in [6, 6.07) is 7.06. The molecule has 0 saturated heterocycles. The molecule has 88 valence electrons. The van der Waals surface area contributed by atoms with Crippen molar-refractivity contribution in [2.75, 3.05) is 12.4 Å². The van der Waals surface area contributed by atoms with Gasteiger partial charge in [-0.2, -0.15) is 4.98 Å². The van der Waals surface area contributed by atoms with E-state index < -0.39 is 0 Å². The maximum Gasteiger partial charge on any atom is 0.238 e. The first-order valence-electron chi connectivity index (χ1n) is 4.83. The van der Waals surface area contributed by atoms with E-state index in [0.29, 0.717) is 27.1 Å². The van der Waals surface area contributed by atoms with Gasteiger partial charge < -0.3 is 10.1 Å². The number of hydrogen-bond donors (Lipinski definition) is 1. The van der Waals surface area contributed by atoms with E-state index >= 15 is 0 Å². The molecule has 6 heteroatoms. The molecule has 0 spiro atoms. The van der Waals surface area contributed by atoms with Gasteiger partial charge in [-0.05, 0) is 40.2 Å². The molecule has 4 nitrogen and oxygen atoms in total. The Balaban J connectivity index is 2.25. The molecule has 1 N–H and O–H groups in total. The summed E-state index contributed by atoms with van der Waals surface area (Å²) < 4.78 is 6.30. The first kappa shape index (κ1) is 12.1. The van der Waals surface area contributed by atoms with Crippen molar-refractivity contribution >= 4 is 33.5 Å². The fourth-order valence-corrected chi connectivity index (χ4v) is 1.56. The van der Waals surface area contributed by atoms with Crippen molar-refractivity contribution in [3.05, 3.63) is 40.0 Å². The van der Waals surface area contributed by atoms with Crippen molar-refractivity contribution in [3.63, 3.8) is 0 Å². The van der Waals surface area contributed by atoms with Crippen LogP contribution in [0.3, 0.4) is 0 Å². The molecule has 0 aliphatic rings. The number of halogens is 2. The molecule has 0 amide bonds. The zero-order chi connectivity index (χ0) is 12.3. The summed E-state index contributed by atoms with van der Waals surface area (Å²) in [5.41, 5.74) is 0. The predicted molar refractivity (Wildman–Crippen MR) is 70.8 cm³/mol. The average molecular weight is 315 g/mol. The predicted octanol–water partition coefficient (Wildman–Crippen LogP) is 3.73.